The molecule has 0 unspecified atom stereocenters. The van der Waals surface area contributed by atoms with Crippen molar-refractivity contribution in [1.82, 2.24) is 15.3 Å². The van der Waals surface area contributed by atoms with E-state index in [1.807, 2.05) is 24.3 Å². The molecule has 1 heterocycles. The largest absolute Gasteiger partial charge is 0.360 e. The van der Waals surface area contributed by atoms with Gasteiger partial charge < -0.3 is 4.90 Å². The third-order valence-electron chi connectivity index (χ3n) is 1.18. The normalized spacial score (nSPS) is 16.2. The molecular weight excluding hydrogens is 130 g/mol. The minimum absolute atomic E-state index is 0.0417. The van der Waals surface area contributed by atoms with Gasteiger partial charge >= 0.3 is 0 Å². The number of amides is 1. The zero-order valence-electron chi connectivity index (χ0n) is 6.16. The first-order valence-electron chi connectivity index (χ1n) is 3.11. The van der Waals surface area contributed by atoms with Crippen molar-refractivity contribution in [1.29, 1.82) is 0 Å². The summed E-state index contributed by atoms with van der Waals surface area (Å²) in [5.74, 6) is -0.0417. The molecule has 0 fully saturated rings. The fourth-order valence-electron chi connectivity index (χ4n) is 0.804. The molecule has 0 saturated heterocycles. The van der Waals surface area contributed by atoms with Gasteiger partial charge in [0.05, 0.1) is 0 Å². The Balaban J connectivity index is 2.33. The topological polar surface area (TPSA) is 35.6 Å². The quantitative estimate of drug-likeness (QED) is 0.545. The molecule has 1 amide bonds. The molecule has 56 valence electrons. The van der Waals surface area contributed by atoms with Gasteiger partial charge in [0.2, 0.25) is 5.91 Å². The average Bonchev–Trinajstić information content (AvgIpc) is 2.13. The zero-order chi connectivity index (χ0) is 7.56. The van der Waals surface area contributed by atoms with E-state index >= 15 is 0 Å². The van der Waals surface area contributed by atoms with E-state index in [0.29, 0.717) is 0 Å². The van der Waals surface area contributed by atoms with Gasteiger partial charge in [-0.2, -0.15) is 0 Å². The summed E-state index contributed by atoms with van der Waals surface area (Å²) in [4.78, 5) is 12.5. The van der Waals surface area contributed by atoms with Crippen LogP contribution in [0.25, 0.3) is 0 Å². The lowest BCUT2D eigenvalue weighted by molar-refractivity contribution is -0.122. The molecule has 4 nitrogen and oxygen atoms in total. The predicted molar refractivity (Wildman–Crippen MR) is 37.4 cm³/mol. The molecule has 1 rings (SSSR count). The van der Waals surface area contributed by atoms with E-state index in [4.69, 9.17) is 0 Å². The maximum absolute atomic E-state index is 10.5. The molecule has 0 aromatic heterocycles. The molecule has 0 aromatic carbocycles. The Morgan fingerprint density at radius 2 is 2.30 bits per heavy atom. The predicted octanol–water partition coefficient (Wildman–Crippen LogP) is -0.286. The second-order valence-corrected chi connectivity index (χ2v) is 2.33. The number of rotatable bonds is 1. The van der Waals surface area contributed by atoms with Gasteiger partial charge in [0.1, 0.15) is 6.67 Å². The second-order valence-electron chi connectivity index (χ2n) is 2.33. The highest BCUT2D eigenvalue weighted by atomic mass is 16.2. The lowest BCUT2D eigenvalue weighted by atomic mass is 10.7. The molecule has 4 heteroatoms. The Morgan fingerprint density at radius 3 is 2.70 bits per heavy atom. The minimum Gasteiger partial charge on any atom is -0.360 e. The number of hydrazine groups is 1. The summed E-state index contributed by atoms with van der Waals surface area (Å²) in [7, 11) is 1.94. The fraction of sp³-hybridized carbons (Fsp3) is 0.500. The van der Waals surface area contributed by atoms with Gasteiger partial charge in [0, 0.05) is 26.4 Å². The van der Waals surface area contributed by atoms with Crippen LogP contribution in [0.15, 0.2) is 12.4 Å². The second kappa shape index (κ2) is 2.60. The van der Waals surface area contributed by atoms with E-state index < -0.39 is 0 Å². The lowest BCUT2D eigenvalue weighted by Crippen LogP contribution is -2.38. The van der Waals surface area contributed by atoms with E-state index in [2.05, 4.69) is 5.43 Å². The molecule has 0 atom stereocenters. The number of hydrogen-bond donors (Lipinski definition) is 1. The van der Waals surface area contributed by atoms with Crippen LogP contribution in [0, 0.1) is 0 Å². The SMILES string of the molecule is CC(=O)NN1C=CN(C)C1. The monoisotopic (exact) mass is 141 g/mol. The first-order chi connectivity index (χ1) is 4.68. The van der Waals surface area contributed by atoms with Crippen molar-refractivity contribution in [3.05, 3.63) is 12.4 Å². The van der Waals surface area contributed by atoms with Gasteiger partial charge in [0.25, 0.3) is 0 Å². The van der Waals surface area contributed by atoms with Crippen molar-refractivity contribution in [3.8, 4) is 0 Å². The summed E-state index contributed by atoms with van der Waals surface area (Å²) >= 11 is 0. The van der Waals surface area contributed by atoms with Crippen LogP contribution in [0.4, 0.5) is 0 Å². The molecule has 0 bridgehead atoms. The fourth-order valence-corrected chi connectivity index (χ4v) is 0.804. The molecule has 1 aliphatic heterocycles. The van der Waals surface area contributed by atoms with Crippen LogP contribution >= 0.6 is 0 Å². The lowest BCUT2D eigenvalue weighted by Gasteiger charge is -2.17. The van der Waals surface area contributed by atoms with E-state index in [9.17, 15) is 4.79 Å². The molecule has 0 aliphatic carbocycles. The van der Waals surface area contributed by atoms with Crippen LogP contribution in [0.3, 0.4) is 0 Å². The molecule has 1 N–H and O–H groups in total. The van der Waals surface area contributed by atoms with Crippen molar-refractivity contribution in [2.75, 3.05) is 13.7 Å². The highest BCUT2D eigenvalue weighted by Gasteiger charge is 2.07. The Morgan fingerprint density at radius 1 is 1.60 bits per heavy atom. The smallest absolute Gasteiger partial charge is 0.235 e. The van der Waals surface area contributed by atoms with Crippen LogP contribution < -0.4 is 5.43 Å². The summed E-state index contributed by atoms with van der Waals surface area (Å²) in [6.45, 7) is 2.21. The van der Waals surface area contributed by atoms with Crippen molar-refractivity contribution in [2.24, 2.45) is 0 Å². The first kappa shape index (κ1) is 6.92. The molecule has 0 saturated carbocycles. The molecule has 0 aromatic rings. The van der Waals surface area contributed by atoms with Crippen LogP contribution in [0.5, 0.6) is 0 Å². The minimum atomic E-state index is -0.0417. The molecule has 0 spiro atoms. The Labute approximate surface area is 60.1 Å². The number of nitrogens with one attached hydrogen (secondary N) is 1. The van der Waals surface area contributed by atoms with E-state index in [1.54, 1.807) is 5.01 Å². The maximum atomic E-state index is 10.5. The molecular formula is C6H11N3O. The van der Waals surface area contributed by atoms with Crippen molar-refractivity contribution < 1.29 is 4.79 Å². The van der Waals surface area contributed by atoms with E-state index in [1.165, 1.54) is 6.92 Å². The van der Waals surface area contributed by atoms with Crippen LogP contribution in [-0.2, 0) is 4.79 Å². The van der Waals surface area contributed by atoms with E-state index in [0.717, 1.165) is 6.67 Å². The zero-order valence-corrected chi connectivity index (χ0v) is 6.16. The van der Waals surface area contributed by atoms with Crippen molar-refractivity contribution in [3.63, 3.8) is 0 Å². The number of hydrogen-bond acceptors (Lipinski definition) is 3. The highest BCUT2D eigenvalue weighted by Crippen LogP contribution is 1.98. The summed E-state index contributed by atoms with van der Waals surface area (Å²) < 4.78 is 0. The van der Waals surface area contributed by atoms with Gasteiger partial charge in [-0.05, 0) is 0 Å². The van der Waals surface area contributed by atoms with Crippen LogP contribution in [0.1, 0.15) is 6.92 Å². The number of nitrogens with zero attached hydrogens (tertiary/aromatic N) is 2. The molecule has 10 heavy (non-hydrogen) atoms. The van der Waals surface area contributed by atoms with Crippen LogP contribution in [-0.4, -0.2) is 29.5 Å². The molecule has 0 radical (unpaired) electrons. The number of carbonyl (C=O) groups is 1. The summed E-state index contributed by atoms with van der Waals surface area (Å²) in [6, 6.07) is 0. The van der Waals surface area contributed by atoms with Crippen molar-refractivity contribution >= 4 is 5.91 Å². The Bertz CT molecular complexity index is 166. The van der Waals surface area contributed by atoms with E-state index in [-0.39, 0.29) is 5.91 Å². The summed E-state index contributed by atoms with van der Waals surface area (Å²) in [5.41, 5.74) is 2.64. The standard InChI is InChI=1S/C6H11N3O/c1-6(10)7-9-4-3-8(2)5-9/h3-4H,5H2,1-2H3,(H,7,10). The van der Waals surface area contributed by atoms with Crippen LogP contribution in [0.2, 0.25) is 0 Å². The van der Waals surface area contributed by atoms with Gasteiger partial charge in [-0.1, -0.05) is 0 Å². The van der Waals surface area contributed by atoms with Gasteiger partial charge in [-0.3, -0.25) is 15.2 Å². The first-order valence-corrected chi connectivity index (χ1v) is 3.11. The Hall–Kier alpha value is -1.19. The summed E-state index contributed by atoms with van der Waals surface area (Å²) in [5, 5.41) is 1.72. The van der Waals surface area contributed by atoms with Gasteiger partial charge in [-0.15, -0.1) is 0 Å². The van der Waals surface area contributed by atoms with Gasteiger partial charge in [0.15, 0.2) is 0 Å². The maximum Gasteiger partial charge on any atom is 0.235 e. The third kappa shape index (κ3) is 1.65. The third-order valence-corrected chi connectivity index (χ3v) is 1.18. The molecule has 1 aliphatic rings. The number of carbonyl (C=O) groups excluding carboxylic acids is 1. The summed E-state index contributed by atoms with van der Waals surface area (Å²) in [6.07, 6.45) is 3.72. The van der Waals surface area contributed by atoms with Gasteiger partial charge in [-0.25, -0.2) is 0 Å². The highest BCUT2D eigenvalue weighted by molar-refractivity contribution is 5.72. The Kier molecular flexibility index (Phi) is 1.80. The van der Waals surface area contributed by atoms with Crippen molar-refractivity contribution in [2.45, 2.75) is 6.92 Å². The average molecular weight is 141 g/mol.